The molecule has 0 spiro atoms. The van der Waals surface area contributed by atoms with Crippen molar-refractivity contribution >= 4 is 11.6 Å². The van der Waals surface area contributed by atoms with Crippen LogP contribution in [0.25, 0.3) is 0 Å². The Kier molecular flexibility index (Phi) is 2.26. The van der Waals surface area contributed by atoms with Crippen molar-refractivity contribution in [2.24, 2.45) is 11.3 Å². The van der Waals surface area contributed by atoms with Gasteiger partial charge < -0.3 is 4.74 Å². The summed E-state index contributed by atoms with van der Waals surface area (Å²) < 4.78 is 5.50. The van der Waals surface area contributed by atoms with Gasteiger partial charge in [0.15, 0.2) is 0 Å². The van der Waals surface area contributed by atoms with Gasteiger partial charge in [0.1, 0.15) is 0 Å². The van der Waals surface area contributed by atoms with E-state index in [9.17, 15) is 0 Å². The summed E-state index contributed by atoms with van der Waals surface area (Å²) in [6, 6.07) is 0. The van der Waals surface area contributed by atoms with Gasteiger partial charge in [-0.15, -0.1) is 11.6 Å². The first kappa shape index (κ1) is 8.35. The van der Waals surface area contributed by atoms with E-state index in [1.165, 1.54) is 0 Å². The highest BCUT2D eigenvalue weighted by atomic mass is 35.5. The lowest BCUT2D eigenvalue weighted by molar-refractivity contribution is 0.105. The third kappa shape index (κ3) is 1.30. The van der Waals surface area contributed by atoms with Gasteiger partial charge in [0.25, 0.3) is 0 Å². The molecule has 1 aliphatic rings. The molecule has 0 bridgehead atoms. The zero-order valence-electron chi connectivity index (χ0n) is 6.86. The fourth-order valence-electron chi connectivity index (χ4n) is 1.37. The number of rotatable bonds is 3. The van der Waals surface area contributed by atoms with Gasteiger partial charge in [-0.3, -0.25) is 0 Å². The molecule has 0 unspecified atom stereocenters. The van der Waals surface area contributed by atoms with Crippen LogP contribution in [-0.2, 0) is 4.74 Å². The van der Waals surface area contributed by atoms with Crippen LogP contribution in [0.4, 0.5) is 0 Å². The highest BCUT2D eigenvalue weighted by Gasteiger charge is 2.55. The van der Waals surface area contributed by atoms with E-state index in [1.807, 2.05) is 0 Å². The second-order valence-corrected chi connectivity index (χ2v) is 3.97. The Morgan fingerprint density at radius 3 is 2.30 bits per heavy atom. The molecule has 1 fully saturated rings. The summed E-state index contributed by atoms with van der Waals surface area (Å²) in [7, 11) is 0. The van der Waals surface area contributed by atoms with Gasteiger partial charge >= 0.3 is 0 Å². The van der Waals surface area contributed by atoms with Crippen LogP contribution in [0, 0.1) is 11.3 Å². The van der Waals surface area contributed by atoms with Crippen LogP contribution < -0.4 is 0 Å². The minimum absolute atomic E-state index is 0.395. The minimum Gasteiger partial charge on any atom is -0.376 e. The van der Waals surface area contributed by atoms with Crippen molar-refractivity contribution < 1.29 is 4.74 Å². The van der Waals surface area contributed by atoms with Crippen molar-refractivity contribution in [3.63, 3.8) is 0 Å². The van der Waals surface area contributed by atoms with E-state index in [2.05, 4.69) is 20.8 Å². The second kappa shape index (κ2) is 2.71. The maximum atomic E-state index is 5.50. The number of ether oxygens (including phenoxy) is 1. The molecule has 0 aromatic rings. The summed E-state index contributed by atoms with van der Waals surface area (Å²) in [6.07, 6.45) is 0.450. The summed E-state index contributed by atoms with van der Waals surface area (Å²) in [6.45, 7) is 7.38. The van der Waals surface area contributed by atoms with Crippen molar-refractivity contribution in [2.75, 3.05) is 12.5 Å². The first-order valence-electron chi connectivity index (χ1n) is 3.78. The largest absolute Gasteiger partial charge is 0.376 e. The molecule has 0 amide bonds. The Morgan fingerprint density at radius 2 is 2.00 bits per heavy atom. The van der Waals surface area contributed by atoms with Crippen LogP contribution in [-0.4, -0.2) is 18.6 Å². The first-order valence-corrected chi connectivity index (χ1v) is 4.31. The molecular weight excluding hydrogens is 148 g/mol. The fraction of sp³-hybridized carbons (Fsp3) is 1.00. The molecule has 60 valence electrons. The van der Waals surface area contributed by atoms with E-state index in [0.717, 1.165) is 0 Å². The summed E-state index contributed by atoms with van der Waals surface area (Å²) in [4.78, 5) is 0. The summed E-state index contributed by atoms with van der Waals surface area (Å²) in [5.74, 6) is 1.31. The summed E-state index contributed by atoms with van der Waals surface area (Å²) >= 11 is 5.49. The molecule has 1 rings (SSSR count). The van der Waals surface area contributed by atoms with Gasteiger partial charge in [0.2, 0.25) is 0 Å². The Labute approximate surface area is 67.7 Å². The molecule has 1 saturated carbocycles. The molecule has 0 radical (unpaired) electrons. The van der Waals surface area contributed by atoms with Crippen LogP contribution in [0.15, 0.2) is 0 Å². The van der Waals surface area contributed by atoms with Crippen LogP contribution in [0.1, 0.15) is 20.8 Å². The van der Waals surface area contributed by atoms with Gasteiger partial charge in [-0.1, -0.05) is 20.8 Å². The molecule has 0 N–H and O–H groups in total. The maximum absolute atomic E-state index is 5.50. The van der Waals surface area contributed by atoms with Crippen LogP contribution in [0.5, 0.6) is 0 Å². The van der Waals surface area contributed by atoms with Crippen LogP contribution >= 0.6 is 11.6 Å². The van der Waals surface area contributed by atoms with Gasteiger partial charge in [-0.25, -0.2) is 0 Å². The molecule has 2 heteroatoms. The Hall–Kier alpha value is 0.250. The average molecular weight is 163 g/mol. The zero-order chi connectivity index (χ0) is 7.78. The predicted octanol–water partition coefficient (Wildman–Crippen LogP) is 2.29. The quantitative estimate of drug-likeness (QED) is 0.579. The lowest BCUT2D eigenvalue weighted by Gasteiger charge is -2.01. The van der Waals surface area contributed by atoms with Crippen LogP contribution in [0.2, 0.25) is 0 Å². The minimum atomic E-state index is 0.395. The third-order valence-corrected chi connectivity index (χ3v) is 2.78. The molecule has 0 aromatic carbocycles. The van der Waals surface area contributed by atoms with E-state index in [1.54, 1.807) is 0 Å². The molecule has 2 atom stereocenters. The number of halogens is 1. The van der Waals surface area contributed by atoms with E-state index >= 15 is 0 Å². The average Bonchev–Trinajstić information content (AvgIpc) is 2.31. The van der Waals surface area contributed by atoms with Crippen LogP contribution in [0.3, 0.4) is 0 Å². The highest BCUT2D eigenvalue weighted by Crippen LogP contribution is 2.53. The molecule has 0 aliphatic heterocycles. The Bertz CT molecular complexity index is 122. The molecule has 0 heterocycles. The lowest BCUT2D eigenvalue weighted by Crippen LogP contribution is -2.03. The molecular formula is C8H15ClO. The van der Waals surface area contributed by atoms with Gasteiger partial charge in [-0.2, -0.15) is 0 Å². The molecule has 0 aromatic heterocycles. The first-order chi connectivity index (χ1) is 4.60. The van der Waals surface area contributed by atoms with Crippen molar-refractivity contribution in [1.29, 1.82) is 0 Å². The number of hydrogen-bond donors (Lipinski definition) is 0. The Morgan fingerprint density at radius 1 is 1.50 bits per heavy atom. The number of hydrogen-bond acceptors (Lipinski definition) is 1. The van der Waals surface area contributed by atoms with E-state index < -0.39 is 0 Å². The highest BCUT2D eigenvalue weighted by molar-refractivity contribution is 6.17. The van der Waals surface area contributed by atoms with E-state index in [-0.39, 0.29) is 0 Å². The molecule has 1 aliphatic carbocycles. The smallest absolute Gasteiger partial charge is 0.0661 e. The maximum Gasteiger partial charge on any atom is 0.0661 e. The standard InChI is InChI=1S/C8H15ClO/c1-6-7(8(6,2)3)10-5-4-9/h6-7H,4-5H2,1-3H3/t6-,7+/m0/s1. The molecule has 0 saturated heterocycles. The molecule has 1 nitrogen and oxygen atoms in total. The van der Waals surface area contributed by atoms with Gasteiger partial charge in [0.05, 0.1) is 12.7 Å². The van der Waals surface area contributed by atoms with Crippen molar-refractivity contribution in [2.45, 2.75) is 26.9 Å². The van der Waals surface area contributed by atoms with Gasteiger partial charge in [-0.05, 0) is 11.3 Å². The monoisotopic (exact) mass is 162 g/mol. The fourth-order valence-corrected chi connectivity index (χ4v) is 1.46. The lowest BCUT2D eigenvalue weighted by atomic mass is 10.1. The van der Waals surface area contributed by atoms with Crippen molar-refractivity contribution in [3.05, 3.63) is 0 Å². The van der Waals surface area contributed by atoms with Crippen molar-refractivity contribution in [1.82, 2.24) is 0 Å². The normalized spacial score (nSPS) is 36.0. The molecule has 10 heavy (non-hydrogen) atoms. The predicted molar refractivity (Wildman–Crippen MR) is 43.4 cm³/mol. The Balaban J connectivity index is 2.22. The SMILES string of the molecule is C[C@H]1[C@@H](OCCCl)C1(C)C. The summed E-state index contributed by atoms with van der Waals surface area (Å²) in [5.41, 5.74) is 0.395. The zero-order valence-corrected chi connectivity index (χ0v) is 7.61. The number of alkyl halides is 1. The van der Waals surface area contributed by atoms with E-state index in [0.29, 0.717) is 29.9 Å². The topological polar surface area (TPSA) is 9.23 Å². The van der Waals surface area contributed by atoms with E-state index in [4.69, 9.17) is 16.3 Å². The summed E-state index contributed by atoms with van der Waals surface area (Å²) in [5, 5.41) is 0. The van der Waals surface area contributed by atoms with Gasteiger partial charge in [0, 0.05) is 5.88 Å². The third-order valence-electron chi connectivity index (χ3n) is 2.63. The van der Waals surface area contributed by atoms with Crippen molar-refractivity contribution in [3.8, 4) is 0 Å². The second-order valence-electron chi connectivity index (χ2n) is 3.59.